The molecule has 1 aliphatic carbocycles. The van der Waals surface area contributed by atoms with E-state index in [0.29, 0.717) is 6.04 Å². The first-order valence-electron chi connectivity index (χ1n) is 10.9. The highest BCUT2D eigenvalue weighted by Gasteiger charge is 2.27. The van der Waals surface area contributed by atoms with Crippen molar-refractivity contribution in [2.75, 3.05) is 39.4 Å². The summed E-state index contributed by atoms with van der Waals surface area (Å²) in [4.78, 5) is 7.58. The van der Waals surface area contributed by atoms with Gasteiger partial charge in [0.05, 0.1) is 13.2 Å². The molecule has 2 aliphatic heterocycles. The van der Waals surface area contributed by atoms with Gasteiger partial charge in [0, 0.05) is 31.7 Å². The quantitative estimate of drug-likeness (QED) is 0.433. The minimum atomic E-state index is 0.533. The number of hydrogen-bond donors (Lipinski definition) is 2. The van der Waals surface area contributed by atoms with Crippen molar-refractivity contribution < 1.29 is 4.74 Å². The molecule has 0 radical (unpaired) electrons. The summed E-state index contributed by atoms with van der Waals surface area (Å²) >= 11 is 0. The van der Waals surface area contributed by atoms with Crippen molar-refractivity contribution in [1.29, 1.82) is 0 Å². The van der Waals surface area contributed by atoms with Crippen LogP contribution >= 0.6 is 0 Å². The number of ether oxygens (including phenoxy) is 1. The van der Waals surface area contributed by atoms with Gasteiger partial charge in [0.15, 0.2) is 5.96 Å². The van der Waals surface area contributed by atoms with E-state index in [1.807, 2.05) is 0 Å². The highest BCUT2D eigenvalue weighted by molar-refractivity contribution is 5.80. The van der Waals surface area contributed by atoms with Crippen molar-refractivity contribution >= 4 is 5.96 Å². The van der Waals surface area contributed by atoms with Gasteiger partial charge in [-0.25, -0.2) is 0 Å². The maximum absolute atomic E-state index is 5.38. The van der Waals surface area contributed by atoms with Gasteiger partial charge in [-0.2, -0.15) is 0 Å². The van der Waals surface area contributed by atoms with Crippen LogP contribution in [0.25, 0.3) is 0 Å². The van der Waals surface area contributed by atoms with Crippen molar-refractivity contribution in [3.05, 3.63) is 11.6 Å². The van der Waals surface area contributed by atoms with Crippen molar-refractivity contribution in [2.45, 2.75) is 76.8 Å². The largest absolute Gasteiger partial charge is 0.377 e. The summed E-state index contributed by atoms with van der Waals surface area (Å²) in [5.41, 5.74) is 1.50. The average molecular weight is 363 g/mol. The number of guanidine groups is 1. The van der Waals surface area contributed by atoms with Gasteiger partial charge in [-0.05, 0) is 52.0 Å². The predicted octanol–water partition coefficient (Wildman–Crippen LogP) is 3.08. The van der Waals surface area contributed by atoms with Gasteiger partial charge in [0.25, 0.3) is 0 Å². The Morgan fingerprint density at radius 3 is 2.88 bits per heavy atom. The van der Waals surface area contributed by atoms with Crippen LogP contribution in [0.5, 0.6) is 0 Å². The fourth-order valence-corrected chi connectivity index (χ4v) is 4.52. The summed E-state index contributed by atoms with van der Waals surface area (Å²) in [6.45, 7) is 8.03. The van der Waals surface area contributed by atoms with E-state index in [9.17, 15) is 0 Å². The maximum Gasteiger partial charge on any atom is 0.191 e. The van der Waals surface area contributed by atoms with Crippen molar-refractivity contribution in [3.63, 3.8) is 0 Å². The zero-order chi connectivity index (χ0) is 18.0. The topological polar surface area (TPSA) is 48.9 Å². The molecule has 1 atom stereocenters. The Morgan fingerprint density at radius 1 is 1.23 bits per heavy atom. The lowest BCUT2D eigenvalue weighted by atomic mass is 9.92. The second kappa shape index (κ2) is 10.9. The zero-order valence-corrected chi connectivity index (χ0v) is 16.6. The first-order valence-corrected chi connectivity index (χ1v) is 10.9. The molecule has 0 bridgehead atoms. The molecule has 1 saturated carbocycles. The molecule has 148 valence electrons. The lowest BCUT2D eigenvalue weighted by Crippen LogP contribution is -2.53. The van der Waals surface area contributed by atoms with Crippen molar-refractivity contribution in [1.82, 2.24) is 15.5 Å². The van der Waals surface area contributed by atoms with E-state index in [4.69, 9.17) is 9.73 Å². The summed E-state index contributed by atoms with van der Waals surface area (Å²) in [6, 6.07) is 1.36. The summed E-state index contributed by atoms with van der Waals surface area (Å²) < 4.78 is 5.38. The van der Waals surface area contributed by atoms with E-state index in [1.165, 1.54) is 63.6 Å². The van der Waals surface area contributed by atoms with Gasteiger partial charge in [-0.1, -0.05) is 30.9 Å². The molecule has 3 aliphatic rings. The van der Waals surface area contributed by atoms with E-state index in [0.717, 1.165) is 51.1 Å². The van der Waals surface area contributed by atoms with Crippen LogP contribution in [0.3, 0.4) is 0 Å². The average Bonchev–Trinajstić information content (AvgIpc) is 2.70. The second-order valence-electron chi connectivity index (χ2n) is 7.97. The number of aliphatic imine (C=N–C) groups is 1. The van der Waals surface area contributed by atoms with Gasteiger partial charge in [0.2, 0.25) is 0 Å². The van der Waals surface area contributed by atoms with Crippen LogP contribution in [-0.4, -0.2) is 62.3 Å². The normalized spacial score (nSPS) is 26.4. The van der Waals surface area contributed by atoms with Crippen LogP contribution in [0, 0.1) is 0 Å². The fraction of sp³-hybridized carbons (Fsp3) is 0.857. The van der Waals surface area contributed by atoms with Crippen LogP contribution in [-0.2, 0) is 4.74 Å². The minimum absolute atomic E-state index is 0.533. The number of hydrogen-bond acceptors (Lipinski definition) is 3. The van der Waals surface area contributed by atoms with Gasteiger partial charge in [0.1, 0.15) is 0 Å². The summed E-state index contributed by atoms with van der Waals surface area (Å²) in [7, 11) is 0. The van der Waals surface area contributed by atoms with E-state index in [2.05, 4.69) is 28.5 Å². The van der Waals surface area contributed by atoms with Gasteiger partial charge in [-0.15, -0.1) is 0 Å². The molecule has 0 aromatic rings. The molecule has 3 rings (SSSR count). The Morgan fingerprint density at radius 2 is 2.12 bits per heavy atom. The van der Waals surface area contributed by atoms with Crippen molar-refractivity contribution in [3.8, 4) is 0 Å². The van der Waals surface area contributed by atoms with E-state index in [-0.39, 0.29) is 0 Å². The third-order valence-electron chi connectivity index (χ3n) is 5.99. The number of likely N-dealkylation sites (tertiary alicyclic amines) is 1. The zero-order valence-electron chi connectivity index (χ0n) is 16.6. The second-order valence-corrected chi connectivity index (χ2v) is 7.97. The molecule has 5 nitrogen and oxygen atoms in total. The Kier molecular flexibility index (Phi) is 8.27. The van der Waals surface area contributed by atoms with Crippen molar-refractivity contribution in [2.24, 2.45) is 4.99 Å². The molecule has 0 amide bonds. The van der Waals surface area contributed by atoms with Crippen LogP contribution in [0.1, 0.15) is 64.7 Å². The number of piperidine rings is 1. The smallest absolute Gasteiger partial charge is 0.191 e. The van der Waals surface area contributed by atoms with Crippen LogP contribution < -0.4 is 10.6 Å². The molecule has 0 aromatic carbocycles. The Labute approximate surface area is 159 Å². The summed E-state index contributed by atoms with van der Waals surface area (Å²) in [5, 5.41) is 7.15. The molecule has 26 heavy (non-hydrogen) atoms. The monoisotopic (exact) mass is 362 g/mol. The summed E-state index contributed by atoms with van der Waals surface area (Å²) in [5.74, 6) is 0.996. The molecular formula is C21H38N4O. The molecule has 5 heteroatoms. The lowest BCUT2D eigenvalue weighted by molar-refractivity contribution is 0.115. The first kappa shape index (κ1) is 19.7. The Hall–Kier alpha value is -1.07. The molecule has 0 aromatic heterocycles. The molecule has 1 unspecified atom stereocenters. The van der Waals surface area contributed by atoms with E-state index in [1.54, 1.807) is 0 Å². The number of rotatable bonds is 6. The third kappa shape index (κ3) is 6.27. The molecule has 2 N–H and O–H groups in total. The highest BCUT2D eigenvalue weighted by atomic mass is 16.5. The van der Waals surface area contributed by atoms with Gasteiger partial charge in [-0.3, -0.25) is 9.89 Å². The summed E-state index contributed by atoms with van der Waals surface area (Å²) in [6.07, 6.45) is 14.0. The van der Waals surface area contributed by atoms with Crippen LogP contribution in [0.15, 0.2) is 16.6 Å². The molecular weight excluding hydrogens is 324 g/mol. The fourth-order valence-electron chi connectivity index (χ4n) is 4.52. The maximum atomic E-state index is 5.38. The first-order chi connectivity index (χ1) is 12.8. The highest BCUT2D eigenvalue weighted by Crippen LogP contribution is 2.25. The minimum Gasteiger partial charge on any atom is -0.377 e. The number of nitrogens with one attached hydrogen (secondary N) is 2. The van der Waals surface area contributed by atoms with E-state index < -0.39 is 0 Å². The molecule has 2 fully saturated rings. The van der Waals surface area contributed by atoms with Crippen LogP contribution in [0.4, 0.5) is 0 Å². The van der Waals surface area contributed by atoms with Gasteiger partial charge >= 0.3 is 0 Å². The Bertz CT molecular complexity index is 471. The number of nitrogens with zero attached hydrogens (tertiary/aromatic N) is 2. The van der Waals surface area contributed by atoms with Crippen LogP contribution in [0.2, 0.25) is 0 Å². The lowest BCUT2D eigenvalue weighted by Gasteiger charge is -2.40. The third-order valence-corrected chi connectivity index (χ3v) is 5.99. The van der Waals surface area contributed by atoms with E-state index >= 15 is 0 Å². The predicted molar refractivity (Wildman–Crippen MR) is 109 cm³/mol. The Balaban J connectivity index is 1.47. The SMILES string of the molecule is CCNC(=NCCC1=CCOCC1)NC1CCCN(C2CCCCC2)C1. The molecule has 0 spiro atoms. The molecule has 1 saturated heterocycles. The standard InChI is InChI=1S/C21H38N4O/c1-2-22-21(23-13-10-18-11-15-26-16-12-18)24-19-7-6-14-25(17-19)20-8-4-3-5-9-20/h11,19-20H,2-10,12-17H2,1H3,(H2,22,23,24). The molecule has 2 heterocycles. The van der Waals surface area contributed by atoms with Gasteiger partial charge < -0.3 is 15.4 Å².